The van der Waals surface area contributed by atoms with Crippen molar-refractivity contribution in [1.29, 1.82) is 0 Å². The Balaban J connectivity index is 1.76. The molecular formula is C14H11F2N3O2. The van der Waals surface area contributed by atoms with Gasteiger partial charge in [0.1, 0.15) is 18.0 Å². The molecule has 0 radical (unpaired) electrons. The van der Waals surface area contributed by atoms with E-state index in [0.717, 1.165) is 12.1 Å². The van der Waals surface area contributed by atoms with Gasteiger partial charge in [-0.2, -0.15) is 0 Å². The lowest BCUT2D eigenvalue weighted by Gasteiger charge is -2.23. The SMILES string of the molecule is O=C(Cc1ccc(F)cc1F)[C@@H]1Cc2cncn2C(=O)N1. The van der Waals surface area contributed by atoms with Gasteiger partial charge in [-0.3, -0.25) is 9.36 Å². The van der Waals surface area contributed by atoms with E-state index in [0.29, 0.717) is 12.1 Å². The molecule has 5 nitrogen and oxygen atoms in total. The Morgan fingerprint density at radius 2 is 2.24 bits per heavy atom. The number of ketones is 1. The summed E-state index contributed by atoms with van der Waals surface area (Å²) in [5.74, 6) is -1.80. The molecule has 0 spiro atoms. The first-order valence-electron chi connectivity index (χ1n) is 6.33. The molecule has 0 saturated heterocycles. The summed E-state index contributed by atoms with van der Waals surface area (Å²) in [4.78, 5) is 27.8. The van der Waals surface area contributed by atoms with Crippen LogP contribution in [-0.4, -0.2) is 27.4 Å². The average molecular weight is 291 g/mol. The minimum Gasteiger partial charge on any atom is -0.327 e. The molecule has 1 N–H and O–H groups in total. The third-order valence-electron chi connectivity index (χ3n) is 3.41. The second-order valence-corrected chi connectivity index (χ2v) is 4.84. The van der Waals surface area contributed by atoms with Crippen LogP contribution in [0.4, 0.5) is 13.6 Å². The number of benzene rings is 1. The standard InChI is InChI=1S/C14H11F2N3O2/c15-9-2-1-8(11(16)4-9)3-13(20)12-5-10-6-17-7-19(10)14(21)18-12/h1-2,4,6-7,12H,3,5H2,(H,18,21)/t12-/m0/s1. The maximum absolute atomic E-state index is 13.6. The molecule has 1 atom stereocenters. The molecule has 3 rings (SSSR count). The summed E-state index contributed by atoms with van der Waals surface area (Å²) in [6.07, 6.45) is 2.97. The number of rotatable bonds is 3. The minimum atomic E-state index is -0.768. The van der Waals surface area contributed by atoms with Crippen LogP contribution in [0, 0.1) is 11.6 Å². The van der Waals surface area contributed by atoms with Gasteiger partial charge >= 0.3 is 6.03 Å². The van der Waals surface area contributed by atoms with E-state index >= 15 is 0 Å². The monoisotopic (exact) mass is 291 g/mol. The summed E-state index contributed by atoms with van der Waals surface area (Å²) in [6.45, 7) is 0. The third kappa shape index (κ3) is 2.54. The van der Waals surface area contributed by atoms with Gasteiger partial charge in [-0.05, 0) is 11.6 Å². The van der Waals surface area contributed by atoms with Gasteiger partial charge < -0.3 is 5.32 Å². The number of carbonyl (C=O) groups is 2. The van der Waals surface area contributed by atoms with E-state index in [1.54, 1.807) is 0 Å². The molecule has 1 aliphatic heterocycles. The quantitative estimate of drug-likeness (QED) is 0.931. The number of imidazole rings is 1. The van der Waals surface area contributed by atoms with Crippen LogP contribution in [0.5, 0.6) is 0 Å². The maximum atomic E-state index is 13.6. The van der Waals surface area contributed by atoms with E-state index in [1.807, 2.05) is 0 Å². The predicted octanol–water partition coefficient (Wildman–Crippen LogP) is 1.46. The molecule has 1 aliphatic rings. The smallest absolute Gasteiger partial charge is 0.327 e. The van der Waals surface area contributed by atoms with Crippen molar-refractivity contribution in [3.8, 4) is 0 Å². The predicted molar refractivity (Wildman–Crippen MR) is 68.7 cm³/mol. The summed E-state index contributed by atoms with van der Waals surface area (Å²) in [6, 6.07) is 1.90. The average Bonchev–Trinajstić information content (AvgIpc) is 2.90. The van der Waals surface area contributed by atoms with Gasteiger partial charge in [0.2, 0.25) is 0 Å². The van der Waals surface area contributed by atoms with Gasteiger partial charge in [0.05, 0.1) is 6.04 Å². The lowest BCUT2D eigenvalue weighted by molar-refractivity contribution is -0.120. The third-order valence-corrected chi connectivity index (χ3v) is 3.41. The van der Waals surface area contributed by atoms with Crippen molar-refractivity contribution in [2.24, 2.45) is 0 Å². The molecule has 0 fully saturated rings. The fourth-order valence-electron chi connectivity index (χ4n) is 2.31. The molecule has 2 heterocycles. The molecule has 2 aromatic rings. The number of nitrogens with one attached hydrogen (secondary N) is 1. The number of fused-ring (bicyclic) bond motifs is 1. The van der Waals surface area contributed by atoms with E-state index in [1.165, 1.54) is 23.2 Å². The second-order valence-electron chi connectivity index (χ2n) is 4.84. The van der Waals surface area contributed by atoms with E-state index in [-0.39, 0.29) is 17.8 Å². The minimum absolute atomic E-state index is 0.106. The lowest BCUT2D eigenvalue weighted by atomic mass is 9.99. The highest BCUT2D eigenvalue weighted by atomic mass is 19.1. The second kappa shape index (κ2) is 5.08. The number of amides is 1. The molecule has 0 aliphatic carbocycles. The Labute approximate surface area is 118 Å². The highest BCUT2D eigenvalue weighted by Gasteiger charge is 2.29. The van der Waals surface area contributed by atoms with Gasteiger partial charge in [0, 0.05) is 30.8 Å². The van der Waals surface area contributed by atoms with E-state index in [4.69, 9.17) is 0 Å². The highest BCUT2D eigenvalue weighted by Crippen LogP contribution is 2.15. The number of aromatic nitrogens is 2. The normalized spacial score (nSPS) is 17.2. The largest absolute Gasteiger partial charge is 0.327 e. The van der Waals surface area contributed by atoms with Crippen LogP contribution in [-0.2, 0) is 17.6 Å². The zero-order valence-corrected chi connectivity index (χ0v) is 10.8. The van der Waals surface area contributed by atoms with Gasteiger partial charge in [-0.25, -0.2) is 18.6 Å². The molecule has 1 amide bonds. The molecule has 7 heteroatoms. The van der Waals surface area contributed by atoms with Crippen molar-refractivity contribution in [2.75, 3.05) is 0 Å². The summed E-state index contributed by atoms with van der Waals surface area (Å²) in [7, 11) is 0. The zero-order valence-electron chi connectivity index (χ0n) is 10.8. The first-order valence-corrected chi connectivity index (χ1v) is 6.33. The van der Waals surface area contributed by atoms with Gasteiger partial charge in [-0.1, -0.05) is 6.07 Å². The molecule has 0 bridgehead atoms. The number of halogens is 2. The van der Waals surface area contributed by atoms with Crippen molar-refractivity contribution in [3.05, 3.63) is 53.6 Å². The van der Waals surface area contributed by atoms with Crippen LogP contribution in [0.15, 0.2) is 30.7 Å². The molecule has 1 aromatic heterocycles. The topological polar surface area (TPSA) is 64.0 Å². The number of Topliss-reactive ketones (excluding diaryl/α,β-unsaturated/α-hetero) is 1. The van der Waals surface area contributed by atoms with Crippen molar-refractivity contribution in [2.45, 2.75) is 18.9 Å². The van der Waals surface area contributed by atoms with Crippen molar-refractivity contribution < 1.29 is 18.4 Å². The Hall–Kier alpha value is -2.57. The lowest BCUT2D eigenvalue weighted by Crippen LogP contribution is -2.49. The van der Waals surface area contributed by atoms with E-state index < -0.39 is 23.7 Å². The molecule has 21 heavy (non-hydrogen) atoms. The summed E-state index contributed by atoms with van der Waals surface area (Å²) < 4.78 is 27.7. The first-order chi connectivity index (χ1) is 10.0. The molecule has 1 aromatic carbocycles. The Morgan fingerprint density at radius 1 is 1.43 bits per heavy atom. The van der Waals surface area contributed by atoms with Crippen molar-refractivity contribution in [3.63, 3.8) is 0 Å². The summed E-state index contributed by atoms with van der Waals surface area (Å²) >= 11 is 0. The molecule has 0 saturated carbocycles. The maximum Gasteiger partial charge on any atom is 0.327 e. The fraction of sp³-hybridized carbons (Fsp3) is 0.214. The Morgan fingerprint density at radius 3 is 3.00 bits per heavy atom. The van der Waals surface area contributed by atoms with Crippen LogP contribution in [0.25, 0.3) is 0 Å². The van der Waals surface area contributed by atoms with Crippen LogP contribution >= 0.6 is 0 Å². The number of hydrogen-bond acceptors (Lipinski definition) is 3. The van der Waals surface area contributed by atoms with Crippen molar-refractivity contribution >= 4 is 11.8 Å². The Kier molecular flexibility index (Phi) is 3.25. The summed E-state index contributed by atoms with van der Waals surface area (Å²) in [5.41, 5.74) is 0.728. The van der Waals surface area contributed by atoms with Crippen LogP contribution in [0.3, 0.4) is 0 Å². The van der Waals surface area contributed by atoms with Crippen LogP contribution in [0.1, 0.15) is 11.3 Å². The molecule has 0 unspecified atom stereocenters. The van der Waals surface area contributed by atoms with Crippen LogP contribution in [0.2, 0.25) is 0 Å². The van der Waals surface area contributed by atoms with E-state index in [9.17, 15) is 18.4 Å². The molecule has 108 valence electrons. The number of nitrogens with zero attached hydrogens (tertiary/aromatic N) is 2. The number of hydrogen-bond donors (Lipinski definition) is 1. The van der Waals surface area contributed by atoms with Gasteiger partial charge in [0.15, 0.2) is 5.78 Å². The van der Waals surface area contributed by atoms with Crippen molar-refractivity contribution in [1.82, 2.24) is 14.9 Å². The fourth-order valence-corrected chi connectivity index (χ4v) is 2.31. The first kappa shape index (κ1) is 13.4. The van der Waals surface area contributed by atoms with E-state index in [2.05, 4.69) is 10.3 Å². The summed E-state index contributed by atoms with van der Waals surface area (Å²) in [5, 5.41) is 2.55. The molecular weight excluding hydrogens is 280 g/mol. The number of carbonyl (C=O) groups excluding carboxylic acids is 2. The highest BCUT2D eigenvalue weighted by molar-refractivity contribution is 5.92. The van der Waals surface area contributed by atoms with Gasteiger partial charge in [-0.15, -0.1) is 0 Å². The Bertz CT molecular complexity index is 727. The zero-order chi connectivity index (χ0) is 15.0. The van der Waals surface area contributed by atoms with Gasteiger partial charge in [0.25, 0.3) is 0 Å². The van der Waals surface area contributed by atoms with Crippen LogP contribution < -0.4 is 5.32 Å².